The molecule has 3 unspecified atom stereocenters. The van der Waals surface area contributed by atoms with Gasteiger partial charge in [0.05, 0.1) is 12.2 Å². The number of nitrogens with one attached hydrogen (secondary N) is 1. The molecule has 1 aromatic carbocycles. The lowest BCUT2D eigenvalue weighted by Crippen LogP contribution is -2.55. The van der Waals surface area contributed by atoms with Crippen LogP contribution < -0.4 is 5.32 Å². The molecule has 3 rings (SSSR count). The number of rotatable bonds is 8. The molecule has 0 bridgehead atoms. The van der Waals surface area contributed by atoms with Gasteiger partial charge in [0.2, 0.25) is 0 Å². The molecule has 0 spiro atoms. The van der Waals surface area contributed by atoms with Crippen molar-refractivity contribution < 1.29 is 45.0 Å². The van der Waals surface area contributed by atoms with E-state index in [1.54, 1.807) is 0 Å². The first kappa shape index (κ1) is 27.1. The molecule has 2 aliphatic carbocycles. The van der Waals surface area contributed by atoms with E-state index in [0.717, 1.165) is 37.8 Å². The van der Waals surface area contributed by atoms with Crippen molar-refractivity contribution in [3.8, 4) is 0 Å². The molecule has 2 aliphatic rings. The van der Waals surface area contributed by atoms with Crippen molar-refractivity contribution in [3.63, 3.8) is 0 Å². The Morgan fingerprint density at radius 3 is 2.24 bits per heavy atom. The maximum absolute atomic E-state index is 13.9. The summed E-state index contributed by atoms with van der Waals surface area (Å²) >= 11 is 0. The SMILES string of the molecule is OC(CNC1(Cc2cccc(C(F)(F)C(F)(F)F)c2)CCCC(OC2CCCC2)C1)C(F)(F)F. The molecule has 11 heteroatoms. The zero-order valence-corrected chi connectivity index (χ0v) is 18.5. The lowest BCUT2D eigenvalue weighted by molar-refractivity contribution is -0.289. The summed E-state index contributed by atoms with van der Waals surface area (Å²) in [6.07, 6.45) is -7.88. The molecule has 2 N–H and O–H groups in total. The monoisotopic (exact) mass is 503 g/mol. The number of ether oxygens (including phenoxy) is 1. The minimum absolute atomic E-state index is 0.0513. The number of halogens is 8. The summed E-state index contributed by atoms with van der Waals surface area (Å²) < 4.78 is 111. The molecule has 0 aliphatic heterocycles. The topological polar surface area (TPSA) is 41.5 Å². The number of hydrogen-bond donors (Lipinski definition) is 2. The van der Waals surface area contributed by atoms with Gasteiger partial charge in [0.25, 0.3) is 0 Å². The Hall–Kier alpha value is -1.46. The van der Waals surface area contributed by atoms with E-state index in [9.17, 15) is 40.2 Å². The molecule has 0 saturated heterocycles. The predicted molar refractivity (Wildman–Crippen MR) is 108 cm³/mol. The molecule has 2 fully saturated rings. The molecule has 0 amide bonds. The van der Waals surface area contributed by atoms with Crippen LogP contribution in [0.5, 0.6) is 0 Å². The second kappa shape index (κ2) is 10.3. The summed E-state index contributed by atoms with van der Waals surface area (Å²) in [5, 5.41) is 12.3. The minimum Gasteiger partial charge on any atom is -0.382 e. The quantitative estimate of drug-likeness (QED) is 0.426. The molecule has 0 heterocycles. The molecule has 34 heavy (non-hydrogen) atoms. The first-order valence-electron chi connectivity index (χ1n) is 11.4. The highest BCUT2D eigenvalue weighted by atomic mass is 19.4. The van der Waals surface area contributed by atoms with Crippen molar-refractivity contribution in [2.45, 2.75) is 99.9 Å². The van der Waals surface area contributed by atoms with Crippen LogP contribution in [0.3, 0.4) is 0 Å². The van der Waals surface area contributed by atoms with Crippen molar-refractivity contribution in [2.24, 2.45) is 0 Å². The summed E-state index contributed by atoms with van der Waals surface area (Å²) in [7, 11) is 0. The lowest BCUT2D eigenvalue weighted by atomic mass is 9.75. The van der Waals surface area contributed by atoms with Gasteiger partial charge < -0.3 is 15.2 Å². The zero-order chi connectivity index (χ0) is 25.2. The Labute approximate surface area is 192 Å². The Morgan fingerprint density at radius 2 is 1.62 bits per heavy atom. The molecular formula is C23H29F8NO2. The van der Waals surface area contributed by atoms with E-state index < -0.39 is 42.0 Å². The standard InChI is InChI=1S/C23H29F8NO2/c24-21(25,23(29,30)31)16-6-3-5-15(11-16)12-20(32-14-19(33)22(26,27)28)10-4-9-18(13-20)34-17-7-1-2-8-17/h3,5-6,11,17-19,32-33H,1-2,4,7-10,12-14H2. The molecule has 0 aromatic heterocycles. The van der Waals surface area contributed by atoms with Crippen LogP contribution in [-0.2, 0) is 17.1 Å². The molecule has 3 atom stereocenters. The van der Waals surface area contributed by atoms with Gasteiger partial charge in [-0.2, -0.15) is 35.1 Å². The van der Waals surface area contributed by atoms with Crippen molar-refractivity contribution >= 4 is 0 Å². The van der Waals surface area contributed by atoms with E-state index in [2.05, 4.69) is 5.32 Å². The van der Waals surface area contributed by atoms with Crippen LogP contribution in [0, 0.1) is 0 Å². The van der Waals surface area contributed by atoms with E-state index >= 15 is 0 Å². The summed E-state index contributed by atoms with van der Waals surface area (Å²) in [5.41, 5.74) is -2.14. The van der Waals surface area contributed by atoms with Gasteiger partial charge in [-0.3, -0.25) is 0 Å². The fourth-order valence-electron chi connectivity index (χ4n) is 4.96. The second-order valence-corrected chi connectivity index (χ2v) is 9.43. The fraction of sp³-hybridized carbons (Fsp3) is 0.739. The third-order valence-corrected chi connectivity index (χ3v) is 6.72. The van der Waals surface area contributed by atoms with E-state index in [1.807, 2.05) is 0 Å². The maximum Gasteiger partial charge on any atom is 0.458 e. The van der Waals surface area contributed by atoms with Gasteiger partial charge in [-0.15, -0.1) is 0 Å². The molecule has 3 nitrogen and oxygen atoms in total. The van der Waals surface area contributed by atoms with Crippen molar-refractivity contribution in [3.05, 3.63) is 35.4 Å². The van der Waals surface area contributed by atoms with Crippen LogP contribution in [0.15, 0.2) is 24.3 Å². The summed E-state index contributed by atoms with van der Waals surface area (Å²) in [4.78, 5) is 0. The molecule has 1 aromatic rings. The van der Waals surface area contributed by atoms with Crippen LogP contribution >= 0.6 is 0 Å². The van der Waals surface area contributed by atoms with E-state index in [-0.39, 0.29) is 30.6 Å². The number of aliphatic hydroxyl groups is 1. The summed E-state index contributed by atoms with van der Waals surface area (Å²) in [6, 6.07) is 3.88. The van der Waals surface area contributed by atoms with Crippen LogP contribution in [0.1, 0.15) is 62.5 Å². The van der Waals surface area contributed by atoms with Crippen LogP contribution in [0.4, 0.5) is 35.1 Å². The normalized spacial score (nSPS) is 26.1. The third kappa shape index (κ3) is 6.60. The van der Waals surface area contributed by atoms with Crippen molar-refractivity contribution in [1.82, 2.24) is 5.32 Å². The Bertz CT molecular complexity index is 807. The van der Waals surface area contributed by atoms with Crippen molar-refractivity contribution in [1.29, 1.82) is 0 Å². The molecular weight excluding hydrogens is 474 g/mol. The zero-order valence-electron chi connectivity index (χ0n) is 18.5. The summed E-state index contributed by atoms with van der Waals surface area (Å²) in [5.74, 6) is -5.06. The number of alkyl halides is 8. The molecule has 2 saturated carbocycles. The first-order chi connectivity index (χ1) is 15.7. The number of aliphatic hydroxyl groups excluding tert-OH is 1. The Balaban J connectivity index is 1.83. The van der Waals surface area contributed by atoms with Crippen LogP contribution in [-0.4, -0.2) is 47.9 Å². The van der Waals surface area contributed by atoms with E-state index in [1.165, 1.54) is 6.07 Å². The van der Waals surface area contributed by atoms with Gasteiger partial charge in [0.1, 0.15) is 0 Å². The van der Waals surface area contributed by atoms with Gasteiger partial charge in [0.15, 0.2) is 6.10 Å². The third-order valence-electron chi connectivity index (χ3n) is 6.72. The van der Waals surface area contributed by atoms with Gasteiger partial charge in [-0.1, -0.05) is 31.0 Å². The maximum atomic E-state index is 13.9. The highest BCUT2D eigenvalue weighted by Gasteiger charge is 2.58. The van der Waals surface area contributed by atoms with Gasteiger partial charge >= 0.3 is 18.3 Å². The number of β-amino-alcohol motifs (C(OH)–C–C–N with tert-alkyl or cyclic N) is 1. The Kier molecular flexibility index (Phi) is 8.19. The lowest BCUT2D eigenvalue weighted by Gasteiger charge is -2.43. The molecule has 0 radical (unpaired) electrons. The minimum atomic E-state index is -5.77. The summed E-state index contributed by atoms with van der Waals surface area (Å²) in [6.45, 7) is -0.821. The largest absolute Gasteiger partial charge is 0.458 e. The smallest absolute Gasteiger partial charge is 0.382 e. The number of benzene rings is 1. The van der Waals surface area contributed by atoms with E-state index in [4.69, 9.17) is 4.74 Å². The fourth-order valence-corrected chi connectivity index (χ4v) is 4.96. The van der Waals surface area contributed by atoms with Gasteiger partial charge in [0, 0.05) is 17.6 Å². The second-order valence-electron chi connectivity index (χ2n) is 9.43. The average Bonchev–Trinajstić information content (AvgIpc) is 3.24. The Morgan fingerprint density at radius 1 is 0.971 bits per heavy atom. The van der Waals surface area contributed by atoms with E-state index in [0.29, 0.717) is 25.3 Å². The first-order valence-corrected chi connectivity index (χ1v) is 11.4. The van der Waals surface area contributed by atoms with Crippen LogP contribution in [0.2, 0.25) is 0 Å². The van der Waals surface area contributed by atoms with Crippen LogP contribution in [0.25, 0.3) is 0 Å². The highest BCUT2D eigenvalue weighted by Crippen LogP contribution is 2.44. The number of hydrogen-bond acceptors (Lipinski definition) is 3. The van der Waals surface area contributed by atoms with Gasteiger partial charge in [-0.05, 0) is 56.6 Å². The molecule has 194 valence electrons. The average molecular weight is 503 g/mol. The van der Waals surface area contributed by atoms with Crippen molar-refractivity contribution in [2.75, 3.05) is 6.54 Å². The van der Waals surface area contributed by atoms with Gasteiger partial charge in [-0.25, -0.2) is 0 Å². The highest BCUT2D eigenvalue weighted by molar-refractivity contribution is 5.29. The predicted octanol–water partition coefficient (Wildman–Crippen LogP) is 6.04.